The van der Waals surface area contributed by atoms with Crippen molar-refractivity contribution < 1.29 is 4.79 Å². The number of nitrogens with zero attached hydrogens (tertiary/aromatic N) is 1. The van der Waals surface area contributed by atoms with Crippen molar-refractivity contribution in [3.8, 4) is 0 Å². The fourth-order valence-electron chi connectivity index (χ4n) is 1.74. The number of likely N-dealkylation sites (tertiary alicyclic amines) is 1. The van der Waals surface area contributed by atoms with Gasteiger partial charge in [-0.2, -0.15) is 0 Å². The highest BCUT2D eigenvalue weighted by molar-refractivity contribution is 5.72. The van der Waals surface area contributed by atoms with Gasteiger partial charge in [0.15, 0.2) is 0 Å². The summed E-state index contributed by atoms with van der Waals surface area (Å²) in [5.41, 5.74) is 10.6. The second kappa shape index (κ2) is 4.30. The molecule has 0 radical (unpaired) electrons. The van der Waals surface area contributed by atoms with Crippen molar-refractivity contribution in [1.82, 2.24) is 4.90 Å². The van der Waals surface area contributed by atoms with Crippen LogP contribution in [0, 0.1) is 5.92 Å². The number of carbonyl (C=O) groups is 1. The van der Waals surface area contributed by atoms with E-state index in [1.54, 1.807) is 4.90 Å². The van der Waals surface area contributed by atoms with Crippen molar-refractivity contribution in [2.45, 2.75) is 19.3 Å². The van der Waals surface area contributed by atoms with E-state index in [-0.39, 0.29) is 6.03 Å². The topological polar surface area (TPSA) is 72.3 Å². The molecule has 0 spiro atoms. The van der Waals surface area contributed by atoms with Crippen molar-refractivity contribution in [2.24, 2.45) is 17.4 Å². The Bertz CT molecular complexity index is 158. The molecule has 1 saturated heterocycles. The lowest BCUT2D eigenvalue weighted by molar-refractivity contribution is 0.171. The van der Waals surface area contributed by atoms with Gasteiger partial charge in [0.05, 0.1) is 0 Å². The van der Waals surface area contributed by atoms with Crippen molar-refractivity contribution in [3.05, 3.63) is 0 Å². The van der Waals surface area contributed by atoms with Crippen LogP contribution >= 0.6 is 0 Å². The molecule has 4 heteroatoms. The molecule has 1 rings (SSSR count). The number of carbonyl (C=O) groups excluding carboxylic acids is 1. The van der Waals surface area contributed by atoms with E-state index < -0.39 is 0 Å². The van der Waals surface area contributed by atoms with Gasteiger partial charge in [-0.05, 0) is 31.7 Å². The molecule has 1 fully saturated rings. The fraction of sp³-hybridized carbons (Fsp3) is 0.875. The molecule has 0 saturated carbocycles. The molecule has 1 heterocycles. The number of primary amides is 1. The van der Waals surface area contributed by atoms with Crippen LogP contribution in [0.4, 0.5) is 4.79 Å². The second-order valence-corrected chi connectivity index (χ2v) is 3.37. The molecule has 1 unspecified atom stereocenters. The van der Waals surface area contributed by atoms with Gasteiger partial charge >= 0.3 is 6.03 Å². The molecule has 0 bridgehead atoms. The molecule has 70 valence electrons. The van der Waals surface area contributed by atoms with Gasteiger partial charge in [0.1, 0.15) is 0 Å². The highest BCUT2D eigenvalue weighted by atomic mass is 16.2. The first-order chi connectivity index (χ1) is 5.74. The Morgan fingerprint density at radius 2 is 2.33 bits per heavy atom. The fourth-order valence-corrected chi connectivity index (χ4v) is 1.74. The summed E-state index contributed by atoms with van der Waals surface area (Å²) >= 11 is 0. The van der Waals surface area contributed by atoms with Gasteiger partial charge in [-0.15, -0.1) is 0 Å². The van der Waals surface area contributed by atoms with Gasteiger partial charge < -0.3 is 16.4 Å². The van der Waals surface area contributed by atoms with E-state index in [0.717, 1.165) is 25.9 Å². The van der Waals surface area contributed by atoms with Crippen molar-refractivity contribution in [1.29, 1.82) is 0 Å². The number of hydrogen-bond acceptors (Lipinski definition) is 2. The van der Waals surface area contributed by atoms with E-state index in [2.05, 4.69) is 0 Å². The average molecular weight is 171 g/mol. The summed E-state index contributed by atoms with van der Waals surface area (Å²) in [4.78, 5) is 12.5. The molecule has 1 aliphatic heterocycles. The third-order valence-electron chi connectivity index (χ3n) is 2.41. The second-order valence-electron chi connectivity index (χ2n) is 3.37. The zero-order chi connectivity index (χ0) is 8.97. The highest BCUT2D eigenvalue weighted by Gasteiger charge is 2.20. The first-order valence-corrected chi connectivity index (χ1v) is 4.48. The zero-order valence-corrected chi connectivity index (χ0v) is 7.33. The molecule has 2 amide bonds. The van der Waals surface area contributed by atoms with Gasteiger partial charge in [0.2, 0.25) is 0 Å². The first kappa shape index (κ1) is 9.32. The van der Waals surface area contributed by atoms with Crippen LogP contribution in [-0.4, -0.2) is 30.6 Å². The molecule has 1 atom stereocenters. The number of urea groups is 1. The van der Waals surface area contributed by atoms with E-state index in [1.165, 1.54) is 6.42 Å². The monoisotopic (exact) mass is 171 g/mol. The summed E-state index contributed by atoms with van der Waals surface area (Å²) in [6, 6.07) is -0.295. The van der Waals surface area contributed by atoms with E-state index in [4.69, 9.17) is 11.5 Å². The number of hydrogen-bond donors (Lipinski definition) is 2. The third kappa shape index (κ3) is 2.37. The summed E-state index contributed by atoms with van der Waals surface area (Å²) < 4.78 is 0. The van der Waals surface area contributed by atoms with Crippen LogP contribution < -0.4 is 11.5 Å². The van der Waals surface area contributed by atoms with Crippen LogP contribution in [0.1, 0.15) is 19.3 Å². The third-order valence-corrected chi connectivity index (χ3v) is 2.41. The van der Waals surface area contributed by atoms with Crippen molar-refractivity contribution in [2.75, 3.05) is 19.6 Å². The maximum Gasteiger partial charge on any atom is 0.314 e. The molecule has 12 heavy (non-hydrogen) atoms. The first-order valence-electron chi connectivity index (χ1n) is 4.48. The minimum atomic E-state index is -0.295. The largest absolute Gasteiger partial charge is 0.351 e. The Kier molecular flexibility index (Phi) is 3.34. The predicted molar refractivity (Wildman–Crippen MR) is 47.6 cm³/mol. The SMILES string of the molecule is NCCC1CCCN(C(N)=O)C1. The molecule has 4 nitrogen and oxygen atoms in total. The number of amides is 2. The number of piperidine rings is 1. The lowest BCUT2D eigenvalue weighted by Gasteiger charge is -2.31. The average Bonchev–Trinajstić information content (AvgIpc) is 2.05. The van der Waals surface area contributed by atoms with Gasteiger partial charge in [-0.25, -0.2) is 4.79 Å². The Morgan fingerprint density at radius 3 is 2.92 bits per heavy atom. The molecular formula is C8H17N3O. The normalized spacial score (nSPS) is 24.1. The van der Waals surface area contributed by atoms with Crippen molar-refractivity contribution in [3.63, 3.8) is 0 Å². The van der Waals surface area contributed by atoms with Crippen LogP contribution in [0.5, 0.6) is 0 Å². The number of nitrogens with two attached hydrogens (primary N) is 2. The Morgan fingerprint density at radius 1 is 1.58 bits per heavy atom. The summed E-state index contributed by atoms with van der Waals surface area (Å²) in [7, 11) is 0. The lowest BCUT2D eigenvalue weighted by Crippen LogP contribution is -2.43. The van der Waals surface area contributed by atoms with Gasteiger partial charge in [0.25, 0.3) is 0 Å². The van der Waals surface area contributed by atoms with Crippen LogP contribution in [0.25, 0.3) is 0 Å². The van der Waals surface area contributed by atoms with Crippen molar-refractivity contribution >= 4 is 6.03 Å². The molecular weight excluding hydrogens is 154 g/mol. The summed E-state index contributed by atoms with van der Waals surface area (Å²) in [5.74, 6) is 0.566. The maximum atomic E-state index is 10.8. The quantitative estimate of drug-likeness (QED) is 0.619. The minimum Gasteiger partial charge on any atom is -0.351 e. The van der Waals surface area contributed by atoms with Crippen LogP contribution in [0.2, 0.25) is 0 Å². The standard InChI is InChI=1S/C8H17N3O/c9-4-3-7-2-1-5-11(6-7)8(10)12/h7H,1-6,9H2,(H2,10,12). The smallest absolute Gasteiger partial charge is 0.314 e. The summed E-state index contributed by atoms with van der Waals surface area (Å²) in [6.07, 6.45) is 3.25. The highest BCUT2D eigenvalue weighted by Crippen LogP contribution is 2.18. The van der Waals surface area contributed by atoms with Gasteiger partial charge in [-0.3, -0.25) is 0 Å². The molecule has 0 aliphatic carbocycles. The Labute approximate surface area is 72.9 Å². The molecule has 4 N–H and O–H groups in total. The minimum absolute atomic E-state index is 0.295. The van der Waals surface area contributed by atoms with Gasteiger partial charge in [-0.1, -0.05) is 0 Å². The number of rotatable bonds is 2. The predicted octanol–water partition coefficient (Wildman–Crippen LogP) is 0.126. The van der Waals surface area contributed by atoms with Crippen LogP contribution in [0.15, 0.2) is 0 Å². The summed E-state index contributed by atoms with van der Waals surface area (Å²) in [6.45, 7) is 2.32. The van der Waals surface area contributed by atoms with Crippen LogP contribution in [-0.2, 0) is 0 Å². The summed E-state index contributed by atoms with van der Waals surface area (Å²) in [5, 5.41) is 0. The van der Waals surface area contributed by atoms with Gasteiger partial charge in [0, 0.05) is 13.1 Å². The van der Waals surface area contributed by atoms with Crippen LogP contribution in [0.3, 0.4) is 0 Å². The molecule has 0 aromatic rings. The van der Waals surface area contributed by atoms with E-state index in [1.807, 2.05) is 0 Å². The Balaban J connectivity index is 2.35. The van der Waals surface area contributed by atoms with E-state index in [9.17, 15) is 4.79 Å². The Hall–Kier alpha value is -0.770. The molecule has 0 aromatic heterocycles. The van der Waals surface area contributed by atoms with E-state index >= 15 is 0 Å². The lowest BCUT2D eigenvalue weighted by atomic mass is 9.95. The maximum absolute atomic E-state index is 10.8. The van der Waals surface area contributed by atoms with E-state index in [0.29, 0.717) is 12.5 Å². The molecule has 0 aromatic carbocycles. The zero-order valence-electron chi connectivity index (χ0n) is 7.33. The molecule has 1 aliphatic rings.